The Morgan fingerprint density at radius 1 is 1.23 bits per heavy atom. The van der Waals surface area contributed by atoms with Crippen molar-refractivity contribution in [2.45, 2.75) is 58.6 Å². The Balaban J connectivity index is 1.74. The van der Waals surface area contributed by atoms with Crippen LogP contribution in [0.1, 0.15) is 57.6 Å². The SMILES string of the molecule is C=C1CC(c2ccccc2-c2cnn(CC(=O)N(CCCC)CCCC)c2)OC1=O. The molecule has 160 valence electrons. The molecule has 1 aromatic heterocycles. The first-order valence-electron chi connectivity index (χ1n) is 10.8. The van der Waals surface area contributed by atoms with Gasteiger partial charge in [0.1, 0.15) is 12.6 Å². The second-order valence-electron chi connectivity index (χ2n) is 7.80. The van der Waals surface area contributed by atoms with E-state index in [1.165, 1.54) is 0 Å². The van der Waals surface area contributed by atoms with Gasteiger partial charge in [0.15, 0.2) is 0 Å². The molecule has 6 nitrogen and oxygen atoms in total. The Morgan fingerprint density at radius 2 is 1.93 bits per heavy atom. The number of carbonyl (C=O) groups excluding carboxylic acids is 2. The Morgan fingerprint density at radius 3 is 2.57 bits per heavy atom. The van der Waals surface area contributed by atoms with Gasteiger partial charge in [-0.1, -0.05) is 57.5 Å². The summed E-state index contributed by atoms with van der Waals surface area (Å²) in [7, 11) is 0. The summed E-state index contributed by atoms with van der Waals surface area (Å²) in [5.74, 6) is -0.240. The lowest BCUT2D eigenvalue weighted by Gasteiger charge is -2.22. The van der Waals surface area contributed by atoms with E-state index in [-0.39, 0.29) is 24.5 Å². The van der Waals surface area contributed by atoms with E-state index in [9.17, 15) is 9.59 Å². The summed E-state index contributed by atoms with van der Waals surface area (Å²) in [6, 6.07) is 7.83. The molecule has 0 aliphatic carbocycles. The minimum Gasteiger partial charge on any atom is -0.454 e. The lowest BCUT2D eigenvalue weighted by molar-refractivity contribution is -0.139. The summed E-state index contributed by atoms with van der Waals surface area (Å²) >= 11 is 0. The highest BCUT2D eigenvalue weighted by atomic mass is 16.5. The first-order chi connectivity index (χ1) is 14.5. The summed E-state index contributed by atoms with van der Waals surface area (Å²) in [6.07, 6.45) is 7.97. The summed E-state index contributed by atoms with van der Waals surface area (Å²) in [5, 5.41) is 4.42. The van der Waals surface area contributed by atoms with Crippen LogP contribution >= 0.6 is 0 Å². The zero-order valence-electron chi connectivity index (χ0n) is 18.0. The maximum atomic E-state index is 12.8. The highest BCUT2D eigenvalue weighted by Crippen LogP contribution is 2.37. The van der Waals surface area contributed by atoms with E-state index in [1.807, 2.05) is 35.4 Å². The van der Waals surface area contributed by atoms with Gasteiger partial charge in [0.25, 0.3) is 0 Å². The Hall–Kier alpha value is -2.89. The standard InChI is InChI=1S/C24H31N3O3/c1-4-6-12-26(13-7-5-2)23(28)17-27-16-19(15-25-27)20-10-8-9-11-21(20)22-14-18(3)24(29)30-22/h8-11,15-16,22H,3-7,12-14,17H2,1-2H3. The fourth-order valence-corrected chi connectivity index (χ4v) is 3.66. The molecule has 1 fully saturated rings. The van der Waals surface area contributed by atoms with Gasteiger partial charge in [-0.15, -0.1) is 0 Å². The predicted octanol–water partition coefficient (Wildman–Crippen LogP) is 4.52. The van der Waals surface area contributed by atoms with E-state index in [0.29, 0.717) is 12.0 Å². The molecule has 1 aliphatic heterocycles. The van der Waals surface area contributed by atoms with Crippen molar-refractivity contribution in [1.29, 1.82) is 0 Å². The molecule has 0 saturated carbocycles. The molecule has 1 aromatic carbocycles. The third-order valence-corrected chi connectivity index (χ3v) is 5.43. The number of ether oxygens (including phenoxy) is 1. The quantitative estimate of drug-likeness (QED) is 0.427. The van der Waals surface area contributed by atoms with Crippen LogP contribution in [0, 0.1) is 0 Å². The monoisotopic (exact) mass is 409 g/mol. The number of cyclic esters (lactones) is 1. The highest BCUT2D eigenvalue weighted by molar-refractivity contribution is 5.90. The van der Waals surface area contributed by atoms with Crippen LogP contribution in [-0.2, 0) is 20.9 Å². The molecular formula is C24H31N3O3. The van der Waals surface area contributed by atoms with Crippen molar-refractivity contribution >= 4 is 11.9 Å². The van der Waals surface area contributed by atoms with Crippen molar-refractivity contribution in [3.63, 3.8) is 0 Å². The molecule has 1 aliphatic rings. The predicted molar refractivity (Wildman–Crippen MR) is 117 cm³/mol. The lowest BCUT2D eigenvalue weighted by Crippen LogP contribution is -2.35. The van der Waals surface area contributed by atoms with Crippen molar-refractivity contribution in [1.82, 2.24) is 14.7 Å². The number of nitrogens with zero attached hydrogens (tertiary/aromatic N) is 3. The molecular weight excluding hydrogens is 378 g/mol. The zero-order chi connectivity index (χ0) is 21.5. The van der Waals surface area contributed by atoms with Crippen LogP contribution in [0.5, 0.6) is 0 Å². The molecule has 6 heteroatoms. The largest absolute Gasteiger partial charge is 0.454 e. The zero-order valence-corrected chi connectivity index (χ0v) is 18.0. The van der Waals surface area contributed by atoms with Crippen LogP contribution in [0.4, 0.5) is 0 Å². The fraction of sp³-hybridized carbons (Fsp3) is 0.458. The third kappa shape index (κ3) is 5.17. The summed E-state index contributed by atoms with van der Waals surface area (Å²) in [6.45, 7) is 9.86. The van der Waals surface area contributed by atoms with Gasteiger partial charge >= 0.3 is 5.97 Å². The number of esters is 1. The number of hydrogen-bond donors (Lipinski definition) is 0. The Kier molecular flexibility index (Phi) is 7.44. The second-order valence-corrected chi connectivity index (χ2v) is 7.80. The number of rotatable bonds is 10. The lowest BCUT2D eigenvalue weighted by atomic mass is 9.96. The molecule has 1 unspecified atom stereocenters. The molecule has 2 heterocycles. The molecule has 0 N–H and O–H groups in total. The number of carbonyl (C=O) groups is 2. The maximum Gasteiger partial charge on any atom is 0.334 e. The van der Waals surface area contributed by atoms with Gasteiger partial charge in [-0.25, -0.2) is 4.79 Å². The number of amides is 1. The van der Waals surface area contributed by atoms with E-state index in [0.717, 1.165) is 55.5 Å². The van der Waals surface area contributed by atoms with E-state index in [1.54, 1.807) is 10.9 Å². The number of hydrogen-bond acceptors (Lipinski definition) is 4. The summed E-state index contributed by atoms with van der Waals surface area (Å²) in [4.78, 5) is 26.5. The average Bonchev–Trinajstić information content (AvgIpc) is 3.34. The van der Waals surface area contributed by atoms with E-state index in [2.05, 4.69) is 25.5 Å². The van der Waals surface area contributed by atoms with Crippen LogP contribution in [0.25, 0.3) is 11.1 Å². The molecule has 1 atom stereocenters. The Bertz CT molecular complexity index is 879. The molecule has 0 bridgehead atoms. The molecule has 30 heavy (non-hydrogen) atoms. The van der Waals surface area contributed by atoms with E-state index < -0.39 is 0 Å². The topological polar surface area (TPSA) is 64.4 Å². The van der Waals surface area contributed by atoms with Gasteiger partial charge in [-0.3, -0.25) is 9.48 Å². The van der Waals surface area contributed by atoms with Gasteiger partial charge < -0.3 is 9.64 Å². The first-order valence-corrected chi connectivity index (χ1v) is 10.8. The van der Waals surface area contributed by atoms with Crippen molar-refractivity contribution in [3.8, 4) is 11.1 Å². The second kappa shape index (κ2) is 10.2. The van der Waals surface area contributed by atoms with Gasteiger partial charge in [0.2, 0.25) is 5.91 Å². The van der Waals surface area contributed by atoms with Gasteiger partial charge in [-0.2, -0.15) is 5.10 Å². The van der Waals surface area contributed by atoms with Crippen LogP contribution < -0.4 is 0 Å². The fourth-order valence-electron chi connectivity index (χ4n) is 3.66. The van der Waals surface area contributed by atoms with Crippen molar-refractivity contribution < 1.29 is 14.3 Å². The van der Waals surface area contributed by atoms with Crippen molar-refractivity contribution in [2.75, 3.05) is 13.1 Å². The molecule has 1 amide bonds. The van der Waals surface area contributed by atoms with Crippen molar-refractivity contribution in [3.05, 3.63) is 54.4 Å². The minimum atomic E-state index is -0.338. The smallest absolute Gasteiger partial charge is 0.334 e. The number of aromatic nitrogens is 2. The summed E-state index contributed by atoms with van der Waals surface area (Å²) < 4.78 is 7.17. The first kappa shape index (κ1) is 21.8. The molecule has 0 radical (unpaired) electrons. The van der Waals surface area contributed by atoms with Gasteiger partial charge in [-0.05, 0) is 18.4 Å². The normalized spacial score (nSPS) is 16.0. The maximum absolute atomic E-state index is 12.8. The van der Waals surface area contributed by atoms with Crippen LogP contribution in [-0.4, -0.2) is 39.6 Å². The van der Waals surface area contributed by atoms with Crippen molar-refractivity contribution in [2.24, 2.45) is 0 Å². The molecule has 2 aromatic rings. The molecule has 0 spiro atoms. The summed E-state index contributed by atoms with van der Waals surface area (Å²) in [5.41, 5.74) is 3.29. The number of benzene rings is 1. The highest BCUT2D eigenvalue weighted by Gasteiger charge is 2.30. The van der Waals surface area contributed by atoms with E-state index >= 15 is 0 Å². The molecule has 3 rings (SSSR count). The van der Waals surface area contributed by atoms with E-state index in [4.69, 9.17) is 4.74 Å². The van der Waals surface area contributed by atoms with Gasteiger partial charge in [0, 0.05) is 42.4 Å². The van der Waals surface area contributed by atoms with Crippen LogP contribution in [0.15, 0.2) is 48.8 Å². The van der Waals surface area contributed by atoms with Crippen LogP contribution in [0.3, 0.4) is 0 Å². The minimum absolute atomic E-state index is 0.0980. The third-order valence-electron chi connectivity index (χ3n) is 5.43. The van der Waals surface area contributed by atoms with Gasteiger partial charge in [0.05, 0.1) is 6.20 Å². The Labute approximate surface area is 178 Å². The van der Waals surface area contributed by atoms with Crippen LogP contribution in [0.2, 0.25) is 0 Å². The number of unbranched alkanes of at least 4 members (excludes halogenated alkanes) is 2. The molecule has 1 saturated heterocycles. The average molecular weight is 410 g/mol.